The molecule has 1 unspecified atom stereocenters. The van der Waals surface area contributed by atoms with Crippen molar-refractivity contribution in [2.75, 3.05) is 31.1 Å². The number of rotatable bonds is 6. The number of piperidine rings is 1. The number of carbonyl (C=O) groups is 1. The lowest BCUT2D eigenvalue weighted by Gasteiger charge is -2.32. The number of likely N-dealkylation sites (tertiary alicyclic amines) is 1. The molecule has 2 rings (SSSR count). The van der Waals surface area contributed by atoms with Crippen molar-refractivity contribution in [3.05, 3.63) is 11.1 Å². The summed E-state index contributed by atoms with van der Waals surface area (Å²) in [6.45, 7) is 8.16. The van der Waals surface area contributed by atoms with E-state index >= 15 is 0 Å². The molecule has 0 aliphatic carbocycles. The SMILES string of the molecule is CCN(C(C)=O)c1nc(CN2CCCC(CCN)C2)cs1. The maximum absolute atomic E-state index is 11.6. The first-order valence-electron chi connectivity index (χ1n) is 7.79. The third-order valence-corrected chi connectivity index (χ3v) is 4.94. The van der Waals surface area contributed by atoms with Gasteiger partial charge < -0.3 is 5.73 Å². The Balaban J connectivity index is 1.94. The smallest absolute Gasteiger partial charge is 0.225 e. The number of amides is 1. The lowest BCUT2D eigenvalue weighted by molar-refractivity contribution is -0.116. The normalized spacial score (nSPS) is 19.7. The van der Waals surface area contributed by atoms with Gasteiger partial charge in [0.2, 0.25) is 5.91 Å². The molecule has 1 saturated heterocycles. The van der Waals surface area contributed by atoms with Crippen molar-refractivity contribution in [1.82, 2.24) is 9.88 Å². The molecule has 2 N–H and O–H groups in total. The minimum Gasteiger partial charge on any atom is -0.330 e. The third-order valence-electron chi connectivity index (χ3n) is 4.03. The van der Waals surface area contributed by atoms with Gasteiger partial charge in [0, 0.05) is 31.9 Å². The van der Waals surface area contributed by atoms with Crippen LogP contribution >= 0.6 is 11.3 Å². The van der Waals surface area contributed by atoms with Crippen LogP contribution in [0.25, 0.3) is 0 Å². The summed E-state index contributed by atoms with van der Waals surface area (Å²) in [5.41, 5.74) is 6.74. The number of nitrogens with two attached hydrogens (primary N) is 1. The molecule has 1 aliphatic heterocycles. The van der Waals surface area contributed by atoms with Crippen LogP contribution in [0.2, 0.25) is 0 Å². The van der Waals surface area contributed by atoms with Gasteiger partial charge in [-0.05, 0) is 45.2 Å². The lowest BCUT2D eigenvalue weighted by atomic mass is 9.95. The monoisotopic (exact) mass is 310 g/mol. The summed E-state index contributed by atoms with van der Waals surface area (Å²) in [7, 11) is 0. The highest BCUT2D eigenvalue weighted by Gasteiger charge is 2.21. The summed E-state index contributed by atoms with van der Waals surface area (Å²) in [6, 6.07) is 0. The summed E-state index contributed by atoms with van der Waals surface area (Å²) in [6.07, 6.45) is 3.66. The van der Waals surface area contributed by atoms with Crippen molar-refractivity contribution in [3.8, 4) is 0 Å². The molecule has 118 valence electrons. The van der Waals surface area contributed by atoms with Crippen molar-refractivity contribution in [2.45, 2.75) is 39.7 Å². The molecule has 1 atom stereocenters. The van der Waals surface area contributed by atoms with Crippen LogP contribution in [0.15, 0.2) is 5.38 Å². The first kappa shape index (κ1) is 16.4. The average molecular weight is 310 g/mol. The molecule has 1 aromatic heterocycles. The van der Waals surface area contributed by atoms with Gasteiger partial charge in [0.15, 0.2) is 5.13 Å². The van der Waals surface area contributed by atoms with Crippen LogP contribution < -0.4 is 10.6 Å². The second-order valence-corrected chi connectivity index (χ2v) is 6.54. The van der Waals surface area contributed by atoms with E-state index in [0.29, 0.717) is 6.54 Å². The lowest BCUT2D eigenvalue weighted by Crippen LogP contribution is -2.35. The van der Waals surface area contributed by atoms with Crippen molar-refractivity contribution in [2.24, 2.45) is 11.7 Å². The minimum absolute atomic E-state index is 0.0550. The van der Waals surface area contributed by atoms with E-state index in [2.05, 4.69) is 15.3 Å². The Kier molecular flexibility index (Phi) is 6.14. The highest BCUT2D eigenvalue weighted by Crippen LogP contribution is 2.24. The van der Waals surface area contributed by atoms with E-state index in [9.17, 15) is 4.79 Å². The van der Waals surface area contributed by atoms with Gasteiger partial charge in [0.1, 0.15) is 0 Å². The Hall–Kier alpha value is -0.980. The fraction of sp³-hybridized carbons (Fsp3) is 0.733. The summed E-state index contributed by atoms with van der Waals surface area (Å²) >= 11 is 1.56. The van der Waals surface area contributed by atoms with E-state index in [0.717, 1.165) is 49.3 Å². The van der Waals surface area contributed by atoms with Gasteiger partial charge in [-0.2, -0.15) is 0 Å². The van der Waals surface area contributed by atoms with Crippen molar-refractivity contribution in [1.29, 1.82) is 0 Å². The Morgan fingerprint density at radius 2 is 2.43 bits per heavy atom. The highest BCUT2D eigenvalue weighted by molar-refractivity contribution is 7.14. The van der Waals surface area contributed by atoms with Crippen molar-refractivity contribution < 1.29 is 4.79 Å². The quantitative estimate of drug-likeness (QED) is 0.874. The number of hydrogen-bond acceptors (Lipinski definition) is 5. The van der Waals surface area contributed by atoms with Crippen LogP contribution in [-0.4, -0.2) is 42.0 Å². The molecule has 0 radical (unpaired) electrons. The molecular weight excluding hydrogens is 284 g/mol. The van der Waals surface area contributed by atoms with E-state index in [4.69, 9.17) is 5.73 Å². The van der Waals surface area contributed by atoms with E-state index in [-0.39, 0.29) is 5.91 Å². The molecule has 1 fully saturated rings. The van der Waals surface area contributed by atoms with E-state index in [1.165, 1.54) is 12.8 Å². The average Bonchev–Trinajstić information content (AvgIpc) is 2.88. The highest BCUT2D eigenvalue weighted by atomic mass is 32.1. The van der Waals surface area contributed by atoms with Gasteiger partial charge in [0.25, 0.3) is 0 Å². The first-order chi connectivity index (χ1) is 10.1. The summed E-state index contributed by atoms with van der Waals surface area (Å²) < 4.78 is 0. The van der Waals surface area contributed by atoms with E-state index in [1.807, 2.05) is 6.92 Å². The topological polar surface area (TPSA) is 62.5 Å². The van der Waals surface area contributed by atoms with E-state index < -0.39 is 0 Å². The molecular formula is C15H26N4OS. The zero-order chi connectivity index (χ0) is 15.2. The third kappa shape index (κ3) is 4.49. The zero-order valence-electron chi connectivity index (χ0n) is 13.0. The molecule has 6 heteroatoms. The van der Waals surface area contributed by atoms with Crippen molar-refractivity contribution in [3.63, 3.8) is 0 Å². The van der Waals surface area contributed by atoms with Gasteiger partial charge in [0.05, 0.1) is 5.69 Å². The summed E-state index contributed by atoms with van der Waals surface area (Å²) in [5.74, 6) is 0.783. The number of nitrogens with zero attached hydrogens (tertiary/aromatic N) is 3. The fourth-order valence-electron chi connectivity index (χ4n) is 2.98. The predicted octanol–water partition coefficient (Wildman–Crippen LogP) is 2.08. The maximum Gasteiger partial charge on any atom is 0.225 e. The zero-order valence-corrected chi connectivity index (χ0v) is 13.9. The minimum atomic E-state index is 0.0550. The van der Waals surface area contributed by atoms with Gasteiger partial charge in [-0.1, -0.05) is 0 Å². The molecule has 0 saturated carbocycles. The van der Waals surface area contributed by atoms with Crippen LogP contribution in [0, 0.1) is 5.92 Å². The molecule has 1 aliphatic rings. The number of thiazole rings is 1. The molecule has 21 heavy (non-hydrogen) atoms. The molecule has 0 aromatic carbocycles. The first-order valence-corrected chi connectivity index (χ1v) is 8.67. The van der Waals surface area contributed by atoms with Crippen LogP contribution in [0.1, 0.15) is 38.8 Å². The van der Waals surface area contributed by atoms with Crippen LogP contribution in [0.4, 0.5) is 5.13 Å². The Labute approximate surface area is 131 Å². The molecule has 0 bridgehead atoms. The predicted molar refractivity (Wildman–Crippen MR) is 87.5 cm³/mol. The van der Waals surface area contributed by atoms with Crippen LogP contribution in [0.5, 0.6) is 0 Å². The van der Waals surface area contributed by atoms with Gasteiger partial charge in [-0.25, -0.2) is 4.98 Å². The Bertz CT molecular complexity index is 460. The molecule has 0 spiro atoms. The Morgan fingerprint density at radius 3 is 3.10 bits per heavy atom. The van der Waals surface area contributed by atoms with Crippen LogP contribution in [-0.2, 0) is 11.3 Å². The second-order valence-electron chi connectivity index (χ2n) is 5.71. The molecule has 2 heterocycles. The molecule has 1 amide bonds. The van der Waals surface area contributed by atoms with Crippen molar-refractivity contribution >= 4 is 22.4 Å². The molecule has 5 nitrogen and oxygen atoms in total. The standard InChI is InChI=1S/C15H26N4OS/c1-3-19(12(2)20)15-17-14(11-21-15)10-18-8-4-5-13(9-18)6-7-16/h11,13H,3-10,16H2,1-2H3. The largest absolute Gasteiger partial charge is 0.330 e. The number of hydrogen-bond donors (Lipinski definition) is 1. The maximum atomic E-state index is 11.6. The summed E-state index contributed by atoms with van der Waals surface area (Å²) in [5, 5.41) is 2.89. The van der Waals surface area contributed by atoms with E-state index in [1.54, 1.807) is 23.2 Å². The number of anilines is 1. The summed E-state index contributed by atoms with van der Waals surface area (Å²) in [4.78, 5) is 20.4. The van der Waals surface area contributed by atoms with Gasteiger partial charge in [-0.15, -0.1) is 11.3 Å². The molecule has 1 aromatic rings. The van der Waals surface area contributed by atoms with Crippen LogP contribution in [0.3, 0.4) is 0 Å². The van der Waals surface area contributed by atoms with Gasteiger partial charge in [-0.3, -0.25) is 14.6 Å². The fourth-order valence-corrected chi connectivity index (χ4v) is 3.90. The number of aromatic nitrogens is 1. The van der Waals surface area contributed by atoms with Gasteiger partial charge >= 0.3 is 0 Å². The second kappa shape index (κ2) is 7.87. The number of carbonyl (C=O) groups excluding carboxylic acids is 1. The Morgan fingerprint density at radius 1 is 1.62 bits per heavy atom.